The van der Waals surface area contributed by atoms with E-state index in [9.17, 15) is 4.79 Å². The fraction of sp³-hybridized carbons (Fsp3) is 0.0952. The Kier molecular flexibility index (Phi) is 4.56. The molecule has 2 aromatic carbocycles. The van der Waals surface area contributed by atoms with E-state index in [0.717, 1.165) is 32.3 Å². The van der Waals surface area contributed by atoms with Crippen LogP contribution in [0.25, 0.3) is 20.9 Å². The Hall–Kier alpha value is -3.25. The van der Waals surface area contributed by atoms with Gasteiger partial charge in [0.05, 0.1) is 4.70 Å². The van der Waals surface area contributed by atoms with Crippen LogP contribution < -0.4 is 10.2 Å². The summed E-state index contributed by atoms with van der Waals surface area (Å²) in [4.78, 5) is 23.3. The van der Waals surface area contributed by atoms with Crippen molar-refractivity contribution in [1.29, 1.82) is 0 Å². The van der Waals surface area contributed by atoms with E-state index in [-0.39, 0.29) is 5.91 Å². The van der Waals surface area contributed by atoms with Crippen LogP contribution >= 0.6 is 11.3 Å². The molecule has 6 heteroatoms. The molecular formula is C21H18N4OS. The molecule has 1 N–H and O–H groups in total. The van der Waals surface area contributed by atoms with Crippen LogP contribution in [-0.2, 0) is 0 Å². The Morgan fingerprint density at radius 2 is 1.85 bits per heavy atom. The molecule has 0 saturated heterocycles. The normalized spacial score (nSPS) is 10.7. The van der Waals surface area contributed by atoms with Crippen molar-refractivity contribution in [2.24, 2.45) is 0 Å². The first kappa shape index (κ1) is 17.2. The van der Waals surface area contributed by atoms with E-state index in [4.69, 9.17) is 0 Å². The maximum atomic E-state index is 12.5. The van der Waals surface area contributed by atoms with Crippen molar-refractivity contribution >= 4 is 39.0 Å². The zero-order chi connectivity index (χ0) is 18.8. The van der Waals surface area contributed by atoms with Gasteiger partial charge in [0, 0.05) is 42.8 Å². The molecule has 4 aromatic rings. The number of aromatic nitrogens is 2. The fourth-order valence-electron chi connectivity index (χ4n) is 2.72. The minimum Gasteiger partial charge on any atom is -0.378 e. The zero-order valence-electron chi connectivity index (χ0n) is 15.0. The molecule has 0 fully saturated rings. The lowest BCUT2D eigenvalue weighted by Gasteiger charge is -2.13. The van der Waals surface area contributed by atoms with Crippen LogP contribution in [0.1, 0.15) is 10.4 Å². The topological polar surface area (TPSA) is 58.1 Å². The first-order valence-electron chi connectivity index (χ1n) is 8.51. The number of amides is 1. The summed E-state index contributed by atoms with van der Waals surface area (Å²) in [6.45, 7) is 0. The third kappa shape index (κ3) is 3.66. The Bertz CT molecular complexity index is 1070. The van der Waals surface area contributed by atoms with Gasteiger partial charge in [-0.15, -0.1) is 11.3 Å². The summed E-state index contributed by atoms with van der Waals surface area (Å²) < 4.78 is 1.06. The highest BCUT2D eigenvalue weighted by Gasteiger charge is 2.09. The van der Waals surface area contributed by atoms with E-state index in [2.05, 4.69) is 15.3 Å². The van der Waals surface area contributed by atoms with Crippen LogP contribution in [0.2, 0.25) is 0 Å². The SMILES string of the molecule is CN(C)c1cccc(C(=O)Nc2ccc(-c3nc4ncccc4s3)cc2)c1. The number of nitrogens with one attached hydrogen (secondary N) is 1. The molecule has 27 heavy (non-hydrogen) atoms. The summed E-state index contributed by atoms with van der Waals surface area (Å²) in [6.07, 6.45) is 1.75. The molecule has 4 rings (SSSR count). The van der Waals surface area contributed by atoms with Crippen LogP contribution in [-0.4, -0.2) is 30.0 Å². The highest BCUT2D eigenvalue weighted by molar-refractivity contribution is 7.21. The van der Waals surface area contributed by atoms with Crippen molar-refractivity contribution < 1.29 is 4.79 Å². The van der Waals surface area contributed by atoms with Crippen LogP contribution in [0, 0.1) is 0 Å². The van der Waals surface area contributed by atoms with Crippen LogP contribution in [0.5, 0.6) is 0 Å². The number of carbonyl (C=O) groups excluding carboxylic acids is 1. The number of hydrogen-bond donors (Lipinski definition) is 1. The second-order valence-electron chi connectivity index (χ2n) is 6.32. The molecule has 0 bridgehead atoms. The molecule has 0 aliphatic rings. The molecule has 0 spiro atoms. The van der Waals surface area contributed by atoms with E-state index >= 15 is 0 Å². The Morgan fingerprint density at radius 3 is 2.59 bits per heavy atom. The lowest BCUT2D eigenvalue weighted by Crippen LogP contribution is -2.14. The zero-order valence-corrected chi connectivity index (χ0v) is 15.8. The van der Waals surface area contributed by atoms with Gasteiger partial charge in [-0.2, -0.15) is 0 Å². The number of nitrogens with zero attached hydrogens (tertiary/aromatic N) is 3. The van der Waals surface area contributed by atoms with Crippen molar-refractivity contribution in [3.05, 3.63) is 72.4 Å². The fourth-order valence-corrected chi connectivity index (χ4v) is 3.65. The molecular weight excluding hydrogens is 356 g/mol. The lowest BCUT2D eigenvalue weighted by molar-refractivity contribution is 0.102. The molecule has 0 radical (unpaired) electrons. The van der Waals surface area contributed by atoms with Gasteiger partial charge in [0.2, 0.25) is 0 Å². The summed E-state index contributed by atoms with van der Waals surface area (Å²) in [5.41, 5.74) is 4.13. The molecule has 0 unspecified atom stereocenters. The number of thiazole rings is 1. The quantitative estimate of drug-likeness (QED) is 0.564. The summed E-state index contributed by atoms with van der Waals surface area (Å²) in [6, 6.07) is 19.2. The number of carbonyl (C=O) groups is 1. The highest BCUT2D eigenvalue weighted by atomic mass is 32.1. The molecule has 0 aliphatic heterocycles. The maximum Gasteiger partial charge on any atom is 0.255 e. The molecule has 0 aliphatic carbocycles. The standard InChI is InChI=1S/C21H18N4OS/c1-25(2)17-6-3-5-15(13-17)20(26)23-16-10-8-14(9-11-16)21-24-19-18(27-21)7-4-12-22-19/h3-13H,1-2H3,(H,23,26). The van der Waals surface area contributed by atoms with Gasteiger partial charge in [-0.25, -0.2) is 9.97 Å². The minimum absolute atomic E-state index is 0.129. The van der Waals surface area contributed by atoms with E-state index in [1.165, 1.54) is 0 Å². The second-order valence-corrected chi connectivity index (χ2v) is 7.35. The van der Waals surface area contributed by atoms with E-state index < -0.39 is 0 Å². The van der Waals surface area contributed by atoms with Crippen molar-refractivity contribution in [3.8, 4) is 10.6 Å². The van der Waals surface area contributed by atoms with Crippen molar-refractivity contribution in [3.63, 3.8) is 0 Å². The molecule has 2 aromatic heterocycles. The molecule has 5 nitrogen and oxygen atoms in total. The number of anilines is 2. The minimum atomic E-state index is -0.129. The average Bonchev–Trinajstić information content (AvgIpc) is 3.13. The molecule has 134 valence electrons. The summed E-state index contributed by atoms with van der Waals surface area (Å²) in [7, 11) is 3.90. The first-order valence-corrected chi connectivity index (χ1v) is 9.32. The van der Waals surface area contributed by atoms with Gasteiger partial charge in [-0.05, 0) is 54.6 Å². The Labute approximate surface area is 161 Å². The number of fused-ring (bicyclic) bond motifs is 1. The van der Waals surface area contributed by atoms with Crippen molar-refractivity contribution in [2.45, 2.75) is 0 Å². The number of pyridine rings is 1. The van der Waals surface area contributed by atoms with Gasteiger partial charge in [0.25, 0.3) is 5.91 Å². The summed E-state index contributed by atoms with van der Waals surface area (Å²) >= 11 is 1.61. The van der Waals surface area contributed by atoms with Crippen LogP contribution in [0.4, 0.5) is 11.4 Å². The third-order valence-corrected chi connectivity index (χ3v) is 5.24. The second kappa shape index (κ2) is 7.17. The maximum absolute atomic E-state index is 12.5. The monoisotopic (exact) mass is 374 g/mol. The van der Waals surface area contributed by atoms with Crippen LogP contribution in [0.15, 0.2) is 66.9 Å². The van der Waals surface area contributed by atoms with Gasteiger partial charge in [-0.1, -0.05) is 6.07 Å². The number of rotatable bonds is 4. The Balaban J connectivity index is 1.52. The number of benzene rings is 2. The van der Waals surface area contributed by atoms with Crippen molar-refractivity contribution in [1.82, 2.24) is 9.97 Å². The van der Waals surface area contributed by atoms with Crippen LogP contribution in [0.3, 0.4) is 0 Å². The van der Waals surface area contributed by atoms with E-state index in [1.807, 2.05) is 79.7 Å². The van der Waals surface area contributed by atoms with E-state index in [0.29, 0.717) is 5.56 Å². The Morgan fingerprint density at radius 1 is 1.04 bits per heavy atom. The number of hydrogen-bond acceptors (Lipinski definition) is 5. The molecule has 2 heterocycles. The molecule has 0 saturated carbocycles. The van der Waals surface area contributed by atoms with Gasteiger partial charge in [-0.3, -0.25) is 4.79 Å². The van der Waals surface area contributed by atoms with Gasteiger partial charge in [0.1, 0.15) is 5.01 Å². The highest BCUT2D eigenvalue weighted by Crippen LogP contribution is 2.29. The average molecular weight is 374 g/mol. The lowest BCUT2D eigenvalue weighted by atomic mass is 10.1. The largest absolute Gasteiger partial charge is 0.378 e. The van der Waals surface area contributed by atoms with E-state index in [1.54, 1.807) is 17.5 Å². The molecule has 0 atom stereocenters. The predicted octanol–water partition coefficient (Wildman–Crippen LogP) is 4.68. The van der Waals surface area contributed by atoms with Gasteiger partial charge in [0.15, 0.2) is 5.65 Å². The summed E-state index contributed by atoms with van der Waals surface area (Å²) in [5.74, 6) is -0.129. The predicted molar refractivity (Wildman–Crippen MR) is 112 cm³/mol. The summed E-state index contributed by atoms with van der Waals surface area (Å²) in [5, 5.41) is 3.86. The smallest absolute Gasteiger partial charge is 0.255 e. The third-order valence-electron chi connectivity index (χ3n) is 4.18. The van der Waals surface area contributed by atoms with Gasteiger partial charge < -0.3 is 10.2 Å². The van der Waals surface area contributed by atoms with Crippen molar-refractivity contribution in [2.75, 3.05) is 24.3 Å². The first-order chi connectivity index (χ1) is 13.1. The van der Waals surface area contributed by atoms with Gasteiger partial charge >= 0.3 is 0 Å². The molecule has 1 amide bonds.